The minimum atomic E-state index is -0.836. The second kappa shape index (κ2) is 4.64. The van der Waals surface area contributed by atoms with Crippen LogP contribution in [0.4, 0.5) is 5.69 Å². The van der Waals surface area contributed by atoms with Gasteiger partial charge in [0.2, 0.25) is 0 Å². The highest BCUT2D eigenvalue weighted by atomic mass is 16.4. The first-order valence-electron chi connectivity index (χ1n) is 4.69. The Morgan fingerprint density at radius 1 is 1.71 bits per heavy atom. The summed E-state index contributed by atoms with van der Waals surface area (Å²) in [5.41, 5.74) is 0.751. The molecule has 0 aliphatic rings. The van der Waals surface area contributed by atoms with E-state index >= 15 is 0 Å². The zero-order valence-corrected chi connectivity index (χ0v) is 8.40. The van der Waals surface area contributed by atoms with E-state index in [9.17, 15) is 4.79 Å². The van der Waals surface area contributed by atoms with Gasteiger partial charge in [-0.1, -0.05) is 6.92 Å². The topological polar surface area (TPSA) is 67.2 Å². The molecule has 0 aliphatic heterocycles. The number of carboxylic acid groups (broad SMARTS) is 1. The number of anilines is 1. The lowest BCUT2D eigenvalue weighted by molar-refractivity contribution is -0.137. The van der Waals surface area contributed by atoms with E-state index in [-0.39, 0.29) is 0 Å². The molecule has 78 valence electrons. The molecule has 0 bridgehead atoms. The minimum absolute atomic E-state index is 0.537. The van der Waals surface area contributed by atoms with Crippen LogP contribution in [0.25, 0.3) is 0 Å². The summed E-state index contributed by atoms with van der Waals surface area (Å²) in [6.07, 6.45) is 3.98. The fraction of sp³-hybridized carbons (Fsp3) is 0.556. The molecule has 0 saturated carbocycles. The zero-order chi connectivity index (χ0) is 10.6. The van der Waals surface area contributed by atoms with Crippen molar-refractivity contribution < 1.29 is 9.90 Å². The molecule has 1 aromatic rings. The third kappa shape index (κ3) is 2.48. The van der Waals surface area contributed by atoms with Crippen LogP contribution in [0.1, 0.15) is 20.3 Å². The number of carboxylic acids is 1. The lowest BCUT2D eigenvalue weighted by Gasteiger charge is -2.10. The number of aromatic nitrogens is 2. The van der Waals surface area contributed by atoms with E-state index in [1.54, 1.807) is 17.1 Å². The second-order valence-electron chi connectivity index (χ2n) is 3.03. The molecule has 1 aromatic heterocycles. The van der Waals surface area contributed by atoms with Gasteiger partial charge in [0.25, 0.3) is 0 Å². The molecular weight excluding hydrogens is 182 g/mol. The smallest absolute Gasteiger partial charge is 0.326 e. The predicted molar refractivity (Wildman–Crippen MR) is 53.2 cm³/mol. The molecule has 0 saturated heterocycles. The van der Waals surface area contributed by atoms with Crippen molar-refractivity contribution >= 4 is 11.7 Å². The number of aliphatic carboxylic acids is 1. The Balaban J connectivity index is 2.62. The Labute approximate surface area is 82.7 Å². The van der Waals surface area contributed by atoms with E-state index in [1.807, 2.05) is 13.8 Å². The maximum absolute atomic E-state index is 10.7. The van der Waals surface area contributed by atoms with E-state index in [0.29, 0.717) is 6.42 Å². The molecule has 0 spiro atoms. The van der Waals surface area contributed by atoms with Crippen LogP contribution in [-0.4, -0.2) is 26.9 Å². The van der Waals surface area contributed by atoms with Crippen LogP contribution in [0, 0.1) is 0 Å². The molecular formula is C9H15N3O2. The third-order valence-electron chi connectivity index (χ3n) is 2.00. The molecule has 2 N–H and O–H groups in total. The fourth-order valence-corrected chi connectivity index (χ4v) is 1.15. The molecule has 0 radical (unpaired) electrons. The first-order chi connectivity index (χ1) is 6.67. The highest BCUT2D eigenvalue weighted by Gasteiger charge is 2.14. The van der Waals surface area contributed by atoms with Crippen LogP contribution in [0.5, 0.6) is 0 Å². The lowest BCUT2D eigenvalue weighted by atomic mass is 10.2. The van der Waals surface area contributed by atoms with E-state index in [2.05, 4.69) is 10.4 Å². The van der Waals surface area contributed by atoms with Crippen LogP contribution in [0.2, 0.25) is 0 Å². The summed E-state index contributed by atoms with van der Waals surface area (Å²) in [5.74, 6) is -0.836. The summed E-state index contributed by atoms with van der Waals surface area (Å²) >= 11 is 0. The molecule has 5 heteroatoms. The van der Waals surface area contributed by atoms with Gasteiger partial charge in [-0.25, -0.2) is 4.79 Å². The number of aryl methyl sites for hydroxylation is 1. The molecule has 0 aromatic carbocycles. The molecule has 1 unspecified atom stereocenters. The Hall–Kier alpha value is -1.52. The molecule has 1 heterocycles. The number of nitrogens with zero attached hydrogens (tertiary/aromatic N) is 2. The molecule has 0 fully saturated rings. The highest BCUT2D eigenvalue weighted by molar-refractivity contribution is 5.76. The molecule has 1 atom stereocenters. The Morgan fingerprint density at radius 2 is 2.43 bits per heavy atom. The number of hydrogen-bond donors (Lipinski definition) is 2. The largest absolute Gasteiger partial charge is 0.480 e. The quantitative estimate of drug-likeness (QED) is 0.743. The van der Waals surface area contributed by atoms with E-state index in [1.165, 1.54) is 0 Å². The van der Waals surface area contributed by atoms with Crippen molar-refractivity contribution in [1.82, 2.24) is 9.78 Å². The van der Waals surface area contributed by atoms with E-state index in [0.717, 1.165) is 12.2 Å². The van der Waals surface area contributed by atoms with Gasteiger partial charge in [-0.3, -0.25) is 4.68 Å². The zero-order valence-electron chi connectivity index (χ0n) is 8.40. The summed E-state index contributed by atoms with van der Waals surface area (Å²) in [6.45, 7) is 4.59. The maximum Gasteiger partial charge on any atom is 0.326 e. The van der Waals surface area contributed by atoms with Crippen molar-refractivity contribution in [2.24, 2.45) is 0 Å². The van der Waals surface area contributed by atoms with Gasteiger partial charge in [0.05, 0.1) is 11.9 Å². The van der Waals surface area contributed by atoms with Gasteiger partial charge in [0.15, 0.2) is 0 Å². The molecule has 1 rings (SSSR count). The van der Waals surface area contributed by atoms with Crippen LogP contribution in [0.3, 0.4) is 0 Å². The number of rotatable bonds is 5. The first-order valence-corrected chi connectivity index (χ1v) is 4.69. The summed E-state index contributed by atoms with van der Waals surface area (Å²) in [6, 6.07) is -0.537. The SMILES string of the molecule is CCC(Nc1cnn(CC)c1)C(=O)O. The van der Waals surface area contributed by atoms with Crippen LogP contribution in [-0.2, 0) is 11.3 Å². The predicted octanol–water partition coefficient (Wildman–Crippen LogP) is 1.18. The number of nitrogens with one attached hydrogen (secondary N) is 1. The molecule has 0 amide bonds. The summed E-state index contributed by atoms with van der Waals surface area (Å²) in [7, 11) is 0. The standard InChI is InChI=1S/C9H15N3O2/c1-3-8(9(13)14)11-7-5-10-12(4-2)6-7/h5-6,8,11H,3-4H2,1-2H3,(H,13,14). The van der Waals surface area contributed by atoms with Gasteiger partial charge < -0.3 is 10.4 Å². The summed E-state index contributed by atoms with van der Waals surface area (Å²) < 4.78 is 1.75. The fourth-order valence-electron chi connectivity index (χ4n) is 1.15. The average molecular weight is 197 g/mol. The third-order valence-corrected chi connectivity index (χ3v) is 2.00. The van der Waals surface area contributed by atoms with Crippen molar-refractivity contribution in [2.45, 2.75) is 32.9 Å². The lowest BCUT2D eigenvalue weighted by Crippen LogP contribution is -2.27. The van der Waals surface area contributed by atoms with Crippen molar-refractivity contribution in [1.29, 1.82) is 0 Å². The van der Waals surface area contributed by atoms with Gasteiger partial charge in [0.1, 0.15) is 6.04 Å². The molecule has 14 heavy (non-hydrogen) atoms. The van der Waals surface area contributed by atoms with Gasteiger partial charge >= 0.3 is 5.97 Å². The monoisotopic (exact) mass is 197 g/mol. The first kappa shape index (κ1) is 10.6. The Kier molecular flexibility index (Phi) is 3.50. The van der Waals surface area contributed by atoms with E-state index < -0.39 is 12.0 Å². The molecule has 5 nitrogen and oxygen atoms in total. The van der Waals surface area contributed by atoms with Crippen molar-refractivity contribution in [3.8, 4) is 0 Å². The summed E-state index contributed by atoms with van der Waals surface area (Å²) in [4.78, 5) is 10.7. The van der Waals surface area contributed by atoms with E-state index in [4.69, 9.17) is 5.11 Å². The minimum Gasteiger partial charge on any atom is -0.480 e. The molecule has 0 aliphatic carbocycles. The van der Waals surface area contributed by atoms with Gasteiger partial charge in [-0.05, 0) is 13.3 Å². The summed E-state index contributed by atoms with van der Waals surface area (Å²) in [5, 5.41) is 15.8. The van der Waals surface area contributed by atoms with Crippen molar-refractivity contribution in [3.63, 3.8) is 0 Å². The Morgan fingerprint density at radius 3 is 2.86 bits per heavy atom. The van der Waals surface area contributed by atoms with Gasteiger partial charge in [0, 0.05) is 12.7 Å². The number of carbonyl (C=O) groups is 1. The average Bonchev–Trinajstić information content (AvgIpc) is 2.61. The van der Waals surface area contributed by atoms with Crippen LogP contribution in [0.15, 0.2) is 12.4 Å². The maximum atomic E-state index is 10.7. The second-order valence-corrected chi connectivity index (χ2v) is 3.03. The van der Waals surface area contributed by atoms with Gasteiger partial charge in [-0.15, -0.1) is 0 Å². The number of hydrogen-bond acceptors (Lipinski definition) is 3. The van der Waals surface area contributed by atoms with Crippen molar-refractivity contribution in [2.75, 3.05) is 5.32 Å². The van der Waals surface area contributed by atoms with Crippen LogP contribution >= 0.6 is 0 Å². The van der Waals surface area contributed by atoms with Crippen LogP contribution < -0.4 is 5.32 Å². The highest BCUT2D eigenvalue weighted by Crippen LogP contribution is 2.08. The van der Waals surface area contributed by atoms with Crippen molar-refractivity contribution in [3.05, 3.63) is 12.4 Å². The van der Waals surface area contributed by atoms with Gasteiger partial charge in [-0.2, -0.15) is 5.10 Å². The Bertz CT molecular complexity index is 309. The normalized spacial score (nSPS) is 12.4.